The molecule has 0 unspecified atom stereocenters. The Morgan fingerprint density at radius 3 is 2.68 bits per heavy atom. The minimum atomic E-state index is 0.682. The lowest BCUT2D eigenvalue weighted by molar-refractivity contribution is 0.969. The van der Waals surface area contributed by atoms with Crippen LogP contribution in [0.4, 0.5) is 5.82 Å². The first-order valence-electron chi connectivity index (χ1n) is 6.16. The van der Waals surface area contributed by atoms with Gasteiger partial charge in [-0.1, -0.05) is 29.8 Å². The Hall–Kier alpha value is -2.56. The van der Waals surface area contributed by atoms with E-state index in [2.05, 4.69) is 56.9 Å². The van der Waals surface area contributed by atoms with Crippen molar-refractivity contribution >= 4 is 5.82 Å². The van der Waals surface area contributed by atoms with E-state index in [1.807, 2.05) is 12.1 Å². The maximum atomic E-state index is 4.33. The summed E-state index contributed by atoms with van der Waals surface area (Å²) < 4.78 is 0. The van der Waals surface area contributed by atoms with Gasteiger partial charge in [0.1, 0.15) is 5.82 Å². The van der Waals surface area contributed by atoms with Crippen molar-refractivity contribution in [3.8, 4) is 11.3 Å². The molecule has 0 spiro atoms. The van der Waals surface area contributed by atoms with Gasteiger partial charge in [-0.05, 0) is 19.1 Å². The summed E-state index contributed by atoms with van der Waals surface area (Å²) in [6.45, 7) is 2.76. The van der Waals surface area contributed by atoms with Crippen molar-refractivity contribution in [1.82, 2.24) is 20.4 Å². The molecule has 0 amide bonds. The van der Waals surface area contributed by atoms with Gasteiger partial charge in [0.05, 0.1) is 24.1 Å². The molecule has 2 heterocycles. The molecular formula is C14H15N5. The van der Waals surface area contributed by atoms with Crippen LogP contribution >= 0.6 is 0 Å². The molecule has 19 heavy (non-hydrogen) atoms. The van der Waals surface area contributed by atoms with Gasteiger partial charge >= 0.3 is 0 Å². The topological polar surface area (TPSA) is 69.4 Å². The second kappa shape index (κ2) is 4.97. The van der Waals surface area contributed by atoms with Crippen molar-refractivity contribution in [2.45, 2.75) is 13.5 Å². The summed E-state index contributed by atoms with van der Waals surface area (Å²) in [6.07, 6.45) is 1.72. The number of aromatic amines is 2. The van der Waals surface area contributed by atoms with E-state index in [1.54, 1.807) is 6.20 Å². The van der Waals surface area contributed by atoms with E-state index in [1.165, 1.54) is 5.56 Å². The summed E-state index contributed by atoms with van der Waals surface area (Å²) in [7, 11) is 0. The molecule has 3 rings (SSSR count). The second-order valence-electron chi connectivity index (χ2n) is 4.47. The maximum Gasteiger partial charge on any atom is 0.121 e. The van der Waals surface area contributed by atoms with Crippen molar-refractivity contribution in [1.29, 1.82) is 0 Å². The first kappa shape index (κ1) is 11.5. The molecule has 0 aliphatic rings. The second-order valence-corrected chi connectivity index (χ2v) is 4.47. The molecule has 3 N–H and O–H groups in total. The number of aromatic nitrogens is 4. The molecule has 0 saturated carbocycles. The minimum Gasteiger partial charge on any atom is -0.365 e. The van der Waals surface area contributed by atoms with Crippen LogP contribution in [0.2, 0.25) is 0 Å². The predicted octanol–water partition coefficient (Wildman–Crippen LogP) is 2.72. The summed E-state index contributed by atoms with van der Waals surface area (Å²) in [5.41, 5.74) is 4.36. The first-order valence-corrected chi connectivity index (χ1v) is 6.16. The number of nitrogens with zero attached hydrogens (tertiary/aromatic N) is 2. The van der Waals surface area contributed by atoms with E-state index in [4.69, 9.17) is 0 Å². The average Bonchev–Trinajstić information content (AvgIpc) is 3.09. The zero-order valence-electron chi connectivity index (χ0n) is 10.6. The molecule has 0 aliphatic heterocycles. The molecule has 0 aliphatic carbocycles. The van der Waals surface area contributed by atoms with Crippen LogP contribution in [0.1, 0.15) is 11.3 Å². The van der Waals surface area contributed by atoms with E-state index in [0.29, 0.717) is 6.54 Å². The van der Waals surface area contributed by atoms with Gasteiger partial charge in [-0.15, -0.1) is 0 Å². The van der Waals surface area contributed by atoms with Gasteiger partial charge in [-0.2, -0.15) is 10.2 Å². The Morgan fingerprint density at radius 2 is 1.95 bits per heavy atom. The van der Waals surface area contributed by atoms with E-state index in [-0.39, 0.29) is 0 Å². The Labute approximate surface area is 111 Å². The van der Waals surface area contributed by atoms with Crippen LogP contribution in [-0.2, 0) is 6.54 Å². The number of nitrogens with one attached hydrogen (secondary N) is 3. The number of hydrogen-bond acceptors (Lipinski definition) is 3. The molecule has 0 bridgehead atoms. The molecule has 1 aromatic carbocycles. The van der Waals surface area contributed by atoms with Crippen LogP contribution in [0.3, 0.4) is 0 Å². The van der Waals surface area contributed by atoms with E-state index in [0.717, 1.165) is 22.8 Å². The predicted molar refractivity (Wildman–Crippen MR) is 74.7 cm³/mol. The quantitative estimate of drug-likeness (QED) is 0.669. The highest BCUT2D eigenvalue weighted by atomic mass is 15.2. The summed E-state index contributed by atoms with van der Waals surface area (Å²) in [5.74, 6) is 0.895. The lowest BCUT2D eigenvalue weighted by Gasteiger charge is -1.99. The van der Waals surface area contributed by atoms with Crippen LogP contribution in [0, 0.1) is 6.92 Å². The van der Waals surface area contributed by atoms with Gasteiger partial charge in [0, 0.05) is 5.56 Å². The van der Waals surface area contributed by atoms with Crippen LogP contribution < -0.4 is 5.32 Å². The van der Waals surface area contributed by atoms with Crippen LogP contribution in [0.15, 0.2) is 42.6 Å². The molecule has 5 nitrogen and oxygen atoms in total. The third-order valence-electron chi connectivity index (χ3n) is 2.95. The fourth-order valence-corrected chi connectivity index (χ4v) is 1.87. The Balaban J connectivity index is 1.70. The molecule has 2 aromatic heterocycles. The highest BCUT2D eigenvalue weighted by Crippen LogP contribution is 2.18. The SMILES string of the molecule is Cc1ccc(-c2cc(CNc3ccn[nH]3)[nH]n2)cc1. The molecule has 5 heteroatoms. The molecule has 0 atom stereocenters. The third-order valence-corrected chi connectivity index (χ3v) is 2.95. The minimum absolute atomic E-state index is 0.682. The number of aryl methyl sites for hydroxylation is 1. The normalized spacial score (nSPS) is 10.6. The summed E-state index contributed by atoms with van der Waals surface area (Å²) in [4.78, 5) is 0. The van der Waals surface area contributed by atoms with Crippen LogP contribution in [0.25, 0.3) is 11.3 Å². The highest BCUT2D eigenvalue weighted by Gasteiger charge is 2.03. The number of hydrogen-bond donors (Lipinski definition) is 3. The Bertz CT molecular complexity index is 637. The standard InChI is InChI=1S/C14H15N5/c1-10-2-4-11(5-3-10)13-8-12(17-18-13)9-15-14-6-7-16-19-14/h2-8H,9H2,1H3,(H,17,18)(H2,15,16,19). The van der Waals surface area contributed by atoms with Gasteiger partial charge in [0.2, 0.25) is 0 Å². The number of rotatable bonds is 4. The van der Waals surface area contributed by atoms with E-state index in [9.17, 15) is 0 Å². The fourth-order valence-electron chi connectivity index (χ4n) is 1.87. The van der Waals surface area contributed by atoms with Crippen LogP contribution in [0.5, 0.6) is 0 Å². The highest BCUT2D eigenvalue weighted by molar-refractivity contribution is 5.59. The van der Waals surface area contributed by atoms with E-state index < -0.39 is 0 Å². The number of H-pyrrole nitrogens is 2. The van der Waals surface area contributed by atoms with E-state index >= 15 is 0 Å². The van der Waals surface area contributed by atoms with Gasteiger partial charge in [-0.25, -0.2) is 0 Å². The molecule has 0 radical (unpaired) electrons. The number of benzene rings is 1. The summed E-state index contributed by atoms with van der Waals surface area (Å²) in [5, 5.41) is 17.3. The molecule has 0 saturated heterocycles. The molecular weight excluding hydrogens is 238 g/mol. The molecule has 0 fully saturated rings. The smallest absolute Gasteiger partial charge is 0.121 e. The zero-order chi connectivity index (χ0) is 13.1. The van der Waals surface area contributed by atoms with Gasteiger partial charge in [0.25, 0.3) is 0 Å². The molecule has 96 valence electrons. The number of anilines is 1. The largest absolute Gasteiger partial charge is 0.365 e. The average molecular weight is 253 g/mol. The Morgan fingerprint density at radius 1 is 1.11 bits per heavy atom. The lowest BCUT2D eigenvalue weighted by Crippen LogP contribution is -1.99. The maximum absolute atomic E-state index is 4.33. The van der Waals surface area contributed by atoms with Crippen molar-refractivity contribution in [2.24, 2.45) is 0 Å². The summed E-state index contributed by atoms with van der Waals surface area (Å²) in [6, 6.07) is 12.3. The van der Waals surface area contributed by atoms with Gasteiger partial charge in [-0.3, -0.25) is 10.2 Å². The first-order chi connectivity index (χ1) is 9.31. The van der Waals surface area contributed by atoms with Crippen molar-refractivity contribution in [3.63, 3.8) is 0 Å². The fraction of sp³-hybridized carbons (Fsp3) is 0.143. The van der Waals surface area contributed by atoms with Crippen molar-refractivity contribution in [2.75, 3.05) is 5.32 Å². The summed E-state index contributed by atoms with van der Waals surface area (Å²) >= 11 is 0. The lowest BCUT2D eigenvalue weighted by atomic mass is 10.1. The molecule has 3 aromatic rings. The Kier molecular flexibility index (Phi) is 3.02. The van der Waals surface area contributed by atoms with Gasteiger partial charge < -0.3 is 5.32 Å². The van der Waals surface area contributed by atoms with Gasteiger partial charge in [0.15, 0.2) is 0 Å². The third kappa shape index (κ3) is 2.65. The van der Waals surface area contributed by atoms with Crippen LogP contribution in [-0.4, -0.2) is 20.4 Å². The van der Waals surface area contributed by atoms with Crippen molar-refractivity contribution < 1.29 is 0 Å². The zero-order valence-corrected chi connectivity index (χ0v) is 10.6. The van der Waals surface area contributed by atoms with Crippen molar-refractivity contribution in [3.05, 3.63) is 53.9 Å². The monoisotopic (exact) mass is 253 g/mol.